The van der Waals surface area contributed by atoms with Crippen LogP contribution < -0.4 is 20.1 Å². The number of halogens is 5. The summed E-state index contributed by atoms with van der Waals surface area (Å²) in [7, 11) is -1.95. The molecule has 1 aliphatic rings. The molecule has 0 aliphatic carbocycles. The molecule has 0 radical (unpaired) electrons. The molecule has 1 aromatic heterocycles. The fourth-order valence-electron chi connectivity index (χ4n) is 3.75. The first-order valence-corrected chi connectivity index (χ1v) is 15.0. The van der Waals surface area contributed by atoms with Crippen LogP contribution in [0.15, 0.2) is 47.7 Å². The van der Waals surface area contributed by atoms with Crippen molar-refractivity contribution in [3.05, 3.63) is 59.2 Å². The number of aromatic nitrogens is 2. The van der Waals surface area contributed by atoms with E-state index < -0.39 is 28.7 Å². The predicted octanol–water partition coefficient (Wildman–Crippen LogP) is 7.06. The van der Waals surface area contributed by atoms with Crippen LogP contribution in [0.4, 0.5) is 33.6 Å². The van der Waals surface area contributed by atoms with E-state index in [4.69, 9.17) is 9.72 Å². The number of allylic oxidation sites excluding steroid dienone is 2. The molecule has 0 bridgehead atoms. The molecule has 3 rings (SSSR count). The van der Waals surface area contributed by atoms with Crippen LogP contribution in [-0.2, 0) is 11.0 Å². The van der Waals surface area contributed by atoms with E-state index in [9.17, 15) is 21.8 Å². The van der Waals surface area contributed by atoms with Crippen LogP contribution in [0.1, 0.15) is 45.7 Å². The van der Waals surface area contributed by atoms with Crippen molar-refractivity contribution in [2.45, 2.75) is 52.3 Å². The molecular formula is C27H36F5N5O2S2. The Balaban J connectivity index is 0.00000287. The zero-order valence-electron chi connectivity index (χ0n) is 23.4. The largest absolute Gasteiger partial charge is 0.457 e. The number of anilines is 2. The van der Waals surface area contributed by atoms with E-state index in [1.54, 1.807) is 12.3 Å². The van der Waals surface area contributed by atoms with Gasteiger partial charge >= 0.3 is 6.18 Å². The molecular weight excluding hydrogens is 585 g/mol. The van der Waals surface area contributed by atoms with Gasteiger partial charge in [-0.2, -0.15) is 13.2 Å². The topological polar surface area (TPSA) is 88.2 Å². The number of piperidine rings is 1. The predicted molar refractivity (Wildman–Crippen MR) is 157 cm³/mol. The first kappa shape index (κ1) is 34.5. The number of hydrogen-bond acceptors (Lipinski definition) is 7. The second kappa shape index (κ2) is 16.7. The molecule has 0 spiro atoms. The smallest absolute Gasteiger partial charge is 0.402 e. The van der Waals surface area contributed by atoms with Gasteiger partial charge in [0, 0.05) is 36.5 Å². The molecule has 228 valence electrons. The lowest BCUT2D eigenvalue weighted by molar-refractivity contribution is -0.105. The molecule has 2 aromatic rings. The number of rotatable bonds is 12. The van der Waals surface area contributed by atoms with Gasteiger partial charge in [-0.15, -0.1) is 0 Å². The molecule has 14 heteroatoms. The zero-order valence-corrected chi connectivity index (χ0v) is 25.0. The summed E-state index contributed by atoms with van der Waals surface area (Å²) >= 11 is 1.35. The Hall–Kier alpha value is -2.71. The van der Waals surface area contributed by atoms with E-state index in [0.717, 1.165) is 36.9 Å². The zero-order chi connectivity index (χ0) is 30.6. The van der Waals surface area contributed by atoms with Gasteiger partial charge in [0.25, 0.3) is 0 Å². The van der Waals surface area contributed by atoms with Crippen molar-refractivity contribution >= 4 is 39.3 Å². The Morgan fingerprint density at radius 1 is 1.32 bits per heavy atom. The molecule has 7 nitrogen and oxygen atoms in total. The molecule has 1 aromatic carbocycles. The summed E-state index contributed by atoms with van der Waals surface area (Å²) in [6.45, 7) is 11.6. The summed E-state index contributed by atoms with van der Waals surface area (Å²) in [6.07, 6.45) is -0.235. The molecule has 2 heterocycles. The van der Waals surface area contributed by atoms with Crippen molar-refractivity contribution in [2.75, 3.05) is 36.1 Å². The van der Waals surface area contributed by atoms with Gasteiger partial charge in [0.15, 0.2) is 11.6 Å². The van der Waals surface area contributed by atoms with Gasteiger partial charge in [0.05, 0.1) is 17.8 Å². The van der Waals surface area contributed by atoms with Crippen LogP contribution in [0.2, 0.25) is 0 Å². The minimum absolute atomic E-state index is 0.0586. The number of nitrogens with zero attached hydrogens (tertiary/aromatic N) is 2. The maximum atomic E-state index is 15.0. The van der Waals surface area contributed by atoms with Crippen LogP contribution in [0, 0.1) is 11.7 Å². The molecule has 1 fully saturated rings. The standard InChI is InChI=1S/C26H33F4N5O2S2.CH3F/c1-5-17(4)23(37-22-9-8-18(13-20(22)27)35-39(36)15-26(28,29)30)24(38-16(2)3)21-10-12-32-25(34-21)33-19-7-6-11-31-14-19;1-2/h8-10,12-13,17,19,31,35H,2,5-7,11,14-15H2,1,3-4H3,(H,32,33,34);1H3/b24-23+;. The van der Waals surface area contributed by atoms with Crippen LogP contribution >= 0.6 is 11.8 Å². The lowest BCUT2D eigenvalue weighted by Crippen LogP contribution is -2.38. The lowest BCUT2D eigenvalue weighted by atomic mass is 10.1. The number of alkyl halides is 4. The first-order chi connectivity index (χ1) is 19.4. The Labute approximate surface area is 244 Å². The van der Waals surface area contributed by atoms with Crippen molar-refractivity contribution in [3.8, 4) is 5.75 Å². The maximum Gasteiger partial charge on any atom is 0.402 e. The van der Waals surface area contributed by atoms with Gasteiger partial charge in [-0.05, 0) is 55.8 Å². The fraction of sp³-hybridized carbons (Fsp3) is 0.481. The van der Waals surface area contributed by atoms with E-state index in [-0.39, 0.29) is 23.4 Å². The van der Waals surface area contributed by atoms with Gasteiger partial charge in [-0.25, -0.2) is 18.6 Å². The lowest BCUT2D eigenvalue weighted by Gasteiger charge is -2.24. The van der Waals surface area contributed by atoms with Crippen molar-refractivity contribution in [1.29, 1.82) is 0 Å². The Kier molecular flexibility index (Phi) is 14.0. The molecule has 3 atom stereocenters. The third-order valence-electron chi connectivity index (χ3n) is 5.76. The van der Waals surface area contributed by atoms with Gasteiger partial charge in [0.2, 0.25) is 5.95 Å². The molecule has 41 heavy (non-hydrogen) atoms. The van der Waals surface area contributed by atoms with Crippen molar-refractivity contribution in [2.24, 2.45) is 5.92 Å². The quantitative estimate of drug-likeness (QED) is 0.173. The Morgan fingerprint density at radius 2 is 2.05 bits per heavy atom. The van der Waals surface area contributed by atoms with Crippen molar-refractivity contribution in [3.63, 3.8) is 0 Å². The van der Waals surface area contributed by atoms with E-state index in [0.29, 0.717) is 35.9 Å². The highest BCUT2D eigenvalue weighted by atomic mass is 32.2. The normalized spacial score (nSPS) is 17.3. The van der Waals surface area contributed by atoms with Gasteiger partial charge in [-0.3, -0.25) is 4.39 Å². The molecule has 3 unspecified atom stereocenters. The highest BCUT2D eigenvalue weighted by Gasteiger charge is 2.31. The molecule has 0 amide bonds. The van der Waals surface area contributed by atoms with Crippen LogP contribution in [0.3, 0.4) is 0 Å². The number of benzene rings is 1. The highest BCUT2D eigenvalue weighted by molar-refractivity contribution is 8.11. The average Bonchev–Trinajstić information content (AvgIpc) is 2.92. The van der Waals surface area contributed by atoms with Crippen LogP contribution in [0.25, 0.3) is 4.91 Å². The van der Waals surface area contributed by atoms with Gasteiger partial charge in [-0.1, -0.05) is 32.2 Å². The van der Waals surface area contributed by atoms with E-state index in [1.165, 1.54) is 23.9 Å². The van der Waals surface area contributed by atoms with Crippen molar-refractivity contribution < 1.29 is 30.9 Å². The van der Waals surface area contributed by atoms with E-state index >= 15 is 4.39 Å². The summed E-state index contributed by atoms with van der Waals surface area (Å²) in [5.41, 5.74) is 0.526. The molecule has 3 N–H and O–H groups in total. The van der Waals surface area contributed by atoms with E-state index in [1.807, 2.05) is 20.8 Å². The first-order valence-electron chi connectivity index (χ1n) is 12.9. The second-order valence-electron chi connectivity index (χ2n) is 9.21. The Bertz CT molecular complexity index is 1210. The van der Waals surface area contributed by atoms with Crippen molar-refractivity contribution in [1.82, 2.24) is 15.3 Å². The number of nitrogens with one attached hydrogen (secondary N) is 3. The summed E-state index contributed by atoms with van der Waals surface area (Å²) in [5, 5.41) is 6.71. The van der Waals surface area contributed by atoms with Gasteiger partial charge < -0.3 is 20.1 Å². The summed E-state index contributed by atoms with van der Waals surface area (Å²) in [5.74, 6) is -1.70. The monoisotopic (exact) mass is 621 g/mol. The van der Waals surface area contributed by atoms with Gasteiger partial charge in [0.1, 0.15) is 22.5 Å². The third kappa shape index (κ3) is 11.6. The van der Waals surface area contributed by atoms with E-state index in [2.05, 4.69) is 26.9 Å². The molecule has 1 aliphatic heterocycles. The number of hydrogen-bond donors (Lipinski definition) is 3. The maximum absolute atomic E-state index is 15.0. The summed E-state index contributed by atoms with van der Waals surface area (Å²) < 4.78 is 82.0. The summed E-state index contributed by atoms with van der Waals surface area (Å²) in [4.78, 5) is 10.5. The minimum atomic E-state index is -4.61. The average molecular weight is 622 g/mol. The fourth-order valence-corrected chi connectivity index (χ4v) is 5.42. The number of ether oxygens (including phenoxy) is 1. The van der Waals surface area contributed by atoms with Crippen LogP contribution in [-0.4, -0.2) is 52.4 Å². The second-order valence-corrected chi connectivity index (χ2v) is 11.7. The molecule has 1 saturated heterocycles. The summed E-state index contributed by atoms with van der Waals surface area (Å²) in [6, 6.07) is 5.51. The highest BCUT2D eigenvalue weighted by Crippen LogP contribution is 2.39. The Morgan fingerprint density at radius 3 is 2.63 bits per heavy atom. The molecule has 0 saturated carbocycles. The third-order valence-corrected chi connectivity index (χ3v) is 7.77. The SMILES string of the molecule is C=C(C)S/C(=C(/Oc1ccc(NS(=O)CC(F)(F)F)cc1F)C(C)CC)c1ccnc(NC2CCCNC2)n1.CF. The van der Waals surface area contributed by atoms with Crippen LogP contribution in [0.5, 0.6) is 5.75 Å². The number of thioether (sulfide) groups is 1. The minimum Gasteiger partial charge on any atom is -0.457 e.